The van der Waals surface area contributed by atoms with Crippen LogP contribution in [0.5, 0.6) is 0 Å². The minimum atomic E-state index is -0.0490. The van der Waals surface area contributed by atoms with E-state index < -0.39 is 0 Å². The van der Waals surface area contributed by atoms with E-state index in [1.165, 1.54) is 66.8 Å². The first kappa shape index (κ1) is 31.5. The Morgan fingerprint density at radius 2 is 0.635 bits per heavy atom. The molecule has 0 atom stereocenters. The summed E-state index contributed by atoms with van der Waals surface area (Å²) >= 11 is 0. The van der Waals surface area contributed by atoms with Crippen LogP contribution in [0.4, 0.5) is 17.1 Å². The van der Waals surface area contributed by atoms with Crippen LogP contribution >= 0.6 is 0 Å². The smallest absolute Gasteiger partial charge is 0.0462 e. The number of rotatable bonds is 7. The zero-order valence-corrected chi connectivity index (χ0v) is 29.5. The van der Waals surface area contributed by atoms with Gasteiger partial charge >= 0.3 is 0 Å². The number of hydrogen-bond acceptors (Lipinski definition) is 1. The molecule has 1 aliphatic rings. The Kier molecular flexibility index (Phi) is 7.90. The zero-order valence-electron chi connectivity index (χ0n) is 29.5. The van der Waals surface area contributed by atoms with E-state index in [2.05, 4.69) is 219 Å². The van der Waals surface area contributed by atoms with Gasteiger partial charge < -0.3 is 4.90 Å². The molecule has 52 heavy (non-hydrogen) atoms. The third-order valence-corrected chi connectivity index (χ3v) is 10.7. The molecule has 0 radical (unpaired) electrons. The van der Waals surface area contributed by atoms with Crippen LogP contribution in [0.1, 0.15) is 25.0 Å². The summed E-state index contributed by atoms with van der Waals surface area (Å²) in [7, 11) is 0. The molecule has 0 bridgehead atoms. The van der Waals surface area contributed by atoms with Crippen LogP contribution in [0.3, 0.4) is 0 Å². The lowest BCUT2D eigenvalue weighted by Gasteiger charge is -2.26. The number of nitrogens with zero attached hydrogens (tertiary/aromatic N) is 1. The highest BCUT2D eigenvalue weighted by atomic mass is 15.1. The Bertz CT molecular complexity index is 2390. The lowest BCUT2D eigenvalue weighted by molar-refractivity contribution is 0.662. The Morgan fingerprint density at radius 3 is 1.12 bits per heavy atom. The van der Waals surface area contributed by atoms with E-state index in [-0.39, 0.29) is 5.41 Å². The molecule has 0 saturated carbocycles. The first-order valence-corrected chi connectivity index (χ1v) is 18.1. The summed E-state index contributed by atoms with van der Waals surface area (Å²) in [5, 5.41) is 0. The van der Waals surface area contributed by atoms with Crippen molar-refractivity contribution in [3.8, 4) is 55.6 Å². The van der Waals surface area contributed by atoms with E-state index >= 15 is 0 Å². The van der Waals surface area contributed by atoms with Gasteiger partial charge in [0.1, 0.15) is 0 Å². The summed E-state index contributed by atoms with van der Waals surface area (Å²) in [5.74, 6) is 0. The molecule has 0 aliphatic heterocycles. The summed E-state index contributed by atoms with van der Waals surface area (Å²) in [6.07, 6.45) is 0. The maximum absolute atomic E-state index is 2.36. The van der Waals surface area contributed by atoms with Crippen LogP contribution in [0.15, 0.2) is 200 Å². The SMILES string of the molecule is CC1(C)c2ccccc2-c2cccc(-c3ccc(-c4ccc(N(c5ccc(-c6ccccc6)cc5)c5ccc(-c6ccccc6)cc5)cc4)cc3)c21. The standard InChI is InChI=1S/C51H39N/c1-51(2)49-19-10-9-16-47(49)48-18-11-17-46(50(48)51)42-22-20-38(21-23-42)41-28-34-45(35-29-41)52(43-30-24-39(25-31-43)36-12-5-3-6-13-36)44-32-26-40(27-33-44)37-14-7-4-8-15-37/h3-35H,1-2H3. The molecule has 0 heterocycles. The van der Waals surface area contributed by atoms with Gasteiger partial charge in [-0.05, 0) is 103 Å². The summed E-state index contributed by atoms with van der Waals surface area (Å²) in [6, 6.07) is 72.6. The van der Waals surface area contributed by atoms with Crippen LogP contribution in [0.2, 0.25) is 0 Å². The predicted octanol–water partition coefficient (Wildman–Crippen LogP) is 14.1. The van der Waals surface area contributed by atoms with Gasteiger partial charge in [0.2, 0.25) is 0 Å². The molecule has 0 amide bonds. The van der Waals surface area contributed by atoms with Gasteiger partial charge in [0, 0.05) is 22.5 Å². The fourth-order valence-electron chi connectivity index (χ4n) is 8.05. The fraction of sp³-hybridized carbons (Fsp3) is 0.0588. The Morgan fingerprint density at radius 1 is 0.288 bits per heavy atom. The van der Waals surface area contributed by atoms with Crippen molar-refractivity contribution < 1.29 is 0 Å². The summed E-state index contributed by atoms with van der Waals surface area (Å²) in [5.41, 5.74) is 18.6. The van der Waals surface area contributed by atoms with E-state index in [1.807, 2.05) is 0 Å². The lowest BCUT2D eigenvalue weighted by Crippen LogP contribution is -2.16. The summed E-state index contributed by atoms with van der Waals surface area (Å²) < 4.78 is 0. The van der Waals surface area contributed by atoms with Gasteiger partial charge in [-0.3, -0.25) is 0 Å². The molecular weight excluding hydrogens is 627 g/mol. The Balaban J connectivity index is 1.03. The number of benzene rings is 8. The van der Waals surface area contributed by atoms with Crippen molar-refractivity contribution in [2.75, 3.05) is 4.90 Å². The van der Waals surface area contributed by atoms with Crippen molar-refractivity contribution in [2.24, 2.45) is 0 Å². The third-order valence-electron chi connectivity index (χ3n) is 10.7. The maximum Gasteiger partial charge on any atom is 0.0462 e. The molecule has 0 fully saturated rings. The molecule has 0 saturated heterocycles. The molecule has 248 valence electrons. The molecule has 0 unspecified atom stereocenters. The van der Waals surface area contributed by atoms with Gasteiger partial charge in [0.15, 0.2) is 0 Å². The van der Waals surface area contributed by atoms with E-state index in [4.69, 9.17) is 0 Å². The summed E-state index contributed by atoms with van der Waals surface area (Å²) in [4.78, 5) is 2.34. The minimum absolute atomic E-state index is 0.0490. The van der Waals surface area contributed by atoms with Crippen molar-refractivity contribution in [2.45, 2.75) is 19.3 Å². The highest BCUT2D eigenvalue weighted by Crippen LogP contribution is 2.52. The second kappa shape index (κ2) is 13.0. The van der Waals surface area contributed by atoms with E-state index in [9.17, 15) is 0 Å². The molecule has 8 aromatic carbocycles. The zero-order chi connectivity index (χ0) is 35.1. The van der Waals surface area contributed by atoms with Gasteiger partial charge in [-0.2, -0.15) is 0 Å². The van der Waals surface area contributed by atoms with Gasteiger partial charge in [-0.25, -0.2) is 0 Å². The predicted molar refractivity (Wildman–Crippen MR) is 220 cm³/mol. The number of hydrogen-bond donors (Lipinski definition) is 0. The van der Waals surface area contributed by atoms with Crippen LogP contribution in [0.25, 0.3) is 55.6 Å². The molecule has 1 nitrogen and oxygen atoms in total. The lowest BCUT2D eigenvalue weighted by atomic mass is 9.79. The molecule has 1 aliphatic carbocycles. The Hall–Kier alpha value is -6.44. The van der Waals surface area contributed by atoms with Crippen molar-refractivity contribution in [1.82, 2.24) is 0 Å². The largest absolute Gasteiger partial charge is 0.311 e. The molecular formula is C51H39N. The highest BCUT2D eigenvalue weighted by Gasteiger charge is 2.37. The molecule has 0 N–H and O–H groups in total. The normalized spacial score (nSPS) is 12.6. The van der Waals surface area contributed by atoms with E-state index in [0.29, 0.717) is 0 Å². The van der Waals surface area contributed by atoms with Crippen LogP contribution in [0, 0.1) is 0 Å². The van der Waals surface area contributed by atoms with Crippen molar-refractivity contribution in [3.63, 3.8) is 0 Å². The molecule has 9 rings (SSSR count). The van der Waals surface area contributed by atoms with Crippen LogP contribution in [-0.2, 0) is 5.41 Å². The first-order chi connectivity index (χ1) is 25.5. The molecule has 8 aromatic rings. The summed E-state index contributed by atoms with van der Waals surface area (Å²) in [6.45, 7) is 4.71. The molecule has 1 heteroatoms. The highest BCUT2D eigenvalue weighted by molar-refractivity contribution is 5.89. The average Bonchev–Trinajstić information content (AvgIpc) is 3.46. The monoisotopic (exact) mass is 665 g/mol. The maximum atomic E-state index is 2.36. The molecule has 0 aromatic heterocycles. The minimum Gasteiger partial charge on any atom is -0.311 e. The van der Waals surface area contributed by atoms with Crippen LogP contribution in [-0.4, -0.2) is 0 Å². The van der Waals surface area contributed by atoms with Gasteiger partial charge in [0.25, 0.3) is 0 Å². The van der Waals surface area contributed by atoms with Gasteiger partial charge in [-0.1, -0.05) is 178 Å². The van der Waals surface area contributed by atoms with Gasteiger partial charge in [-0.15, -0.1) is 0 Å². The van der Waals surface area contributed by atoms with Crippen LogP contribution < -0.4 is 4.90 Å². The second-order valence-corrected chi connectivity index (χ2v) is 14.2. The van der Waals surface area contributed by atoms with Crippen molar-refractivity contribution in [3.05, 3.63) is 211 Å². The quantitative estimate of drug-likeness (QED) is 0.164. The fourth-order valence-corrected chi connectivity index (χ4v) is 8.05. The number of anilines is 3. The first-order valence-electron chi connectivity index (χ1n) is 18.1. The average molecular weight is 666 g/mol. The topological polar surface area (TPSA) is 3.24 Å². The van der Waals surface area contributed by atoms with Crippen molar-refractivity contribution in [1.29, 1.82) is 0 Å². The van der Waals surface area contributed by atoms with E-state index in [0.717, 1.165) is 17.1 Å². The van der Waals surface area contributed by atoms with Gasteiger partial charge in [0.05, 0.1) is 0 Å². The Labute approximate surface area is 307 Å². The van der Waals surface area contributed by atoms with Crippen molar-refractivity contribution >= 4 is 17.1 Å². The number of fused-ring (bicyclic) bond motifs is 3. The second-order valence-electron chi connectivity index (χ2n) is 14.2. The van der Waals surface area contributed by atoms with E-state index in [1.54, 1.807) is 0 Å². The molecule has 0 spiro atoms. The third kappa shape index (κ3) is 5.61.